The Balaban J connectivity index is 0.00000342. The number of hydrogen-bond acceptors (Lipinski definition) is 5. The van der Waals surface area contributed by atoms with E-state index in [1.807, 2.05) is 12.1 Å². The van der Waals surface area contributed by atoms with E-state index in [0.29, 0.717) is 5.56 Å². The number of aliphatic hydroxyl groups is 1. The fourth-order valence-electron chi connectivity index (χ4n) is 3.97. The number of halogens is 3. The zero-order chi connectivity index (χ0) is 24.7. The van der Waals surface area contributed by atoms with Gasteiger partial charge < -0.3 is 14.6 Å². The largest absolute Gasteiger partial charge is 1.00 e. The second-order valence-corrected chi connectivity index (χ2v) is 9.50. The van der Waals surface area contributed by atoms with Crippen molar-refractivity contribution in [2.24, 2.45) is 0 Å². The molecule has 180 valence electrons. The molecule has 1 aromatic heterocycles. The molecule has 0 unspecified atom stereocenters. The maximum Gasteiger partial charge on any atom is 1.00 e. The molecule has 2 aromatic carbocycles. The zero-order valence-corrected chi connectivity index (χ0v) is 21.9. The van der Waals surface area contributed by atoms with Gasteiger partial charge in [0.1, 0.15) is 10.0 Å². The summed E-state index contributed by atoms with van der Waals surface area (Å²) in [6, 6.07) is 10.0. The van der Waals surface area contributed by atoms with Crippen molar-refractivity contribution in [3.8, 4) is 16.9 Å². The molecular formula is C23H21F3N3NaO4S. The average Bonchev–Trinajstić information content (AvgIpc) is 3.44. The molecule has 0 atom stereocenters. The summed E-state index contributed by atoms with van der Waals surface area (Å²) in [6.45, 7) is 0.716. The van der Waals surface area contributed by atoms with E-state index >= 15 is 0 Å². The molecule has 1 N–H and O–H groups in total. The van der Waals surface area contributed by atoms with Crippen LogP contribution in [0.1, 0.15) is 42.1 Å². The van der Waals surface area contributed by atoms with Gasteiger partial charge in [-0.3, -0.25) is 0 Å². The number of aliphatic hydroxyl groups excluding tert-OH is 1. The third kappa shape index (κ3) is 5.64. The van der Waals surface area contributed by atoms with Gasteiger partial charge in [-0.05, 0) is 72.7 Å². The molecule has 4 rings (SSSR count). The number of amides is 1. The third-order valence-corrected chi connectivity index (χ3v) is 7.05. The Hall–Kier alpha value is -2.18. The Kier molecular flexibility index (Phi) is 8.17. The van der Waals surface area contributed by atoms with Gasteiger partial charge in [0.2, 0.25) is 0 Å². The van der Waals surface area contributed by atoms with Crippen LogP contribution in [-0.4, -0.2) is 29.2 Å². The standard InChI is InChI=1S/C23H22F3N3O4S.Na/c1-2-22(31)28-34(32,33)20-9-8-18(11-17(20)13-30)29-19(12-21(27-29)23(24,25)26)16-7-6-14-4-3-5-15(14)10-16;/h6-12,30H,2-5,13H2,1H3,(H,28,31);/q;+1/p-1. The minimum absolute atomic E-state index is 0. The molecule has 0 radical (unpaired) electrons. The van der Waals surface area contributed by atoms with Crippen molar-refractivity contribution in [1.29, 1.82) is 0 Å². The summed E-state index contributed by atoms with van der Waals surface area (Å²) in [4.78, 5) is 11.1. The molecule has 0 fully saturated rings. The monoisotopic (exact) mass is 515 g/mol. The Labute approximate surface area is 222 Å². The molecule has 35 heavy (non-hydrogen) atoms. The number of aromatic nitrogens is 2. The number of rotatable bonds is 6. The molecule has 1 amide bonds. The Morgan fingerprint density at radius 2 is 1.83 bits per heavy atom. The molecule has 0 saturated carbocycles. The minimum atomic E-state index is -4.70. The van der Waals surface area contributed by atoms with E-state index in [2.05, 4.69) is 9.82 Å². The number of aryl methyl sites for hydroxylation is 2. The number of alkyl halides is 3. The van der Waals surface area contributed by atoms with E-state index in [1.165, 1.54) is 19.1 Å². The van der Waals surface area contributed by atoms with Crippen LogP contribution >= 0.6 is 0 Å². The number of sulfonamides is 1. The summed E-state index contributed by atoms with van der Waals surface area (Å²) >= 11 is 0. The second-order valence-electron chi connectivity index (χ2n) is 7.93. The van der Waals surface area contributed by atoms with E-state index in [-0.39, 0.29) is 52.9 Å². The SMILES string of the molecule is CCC(=O)[N-]S(=O)(=O)c1ccc(-n2nc(C(F)(F)F)cc2-c2ccc3c(c2)CCC3)cc1CO.[Na+]. The molecule has 0 saturated heterocycles. The molecule has 1 aliphatic rings. The van der Waals surface area contributed by atoms with Gasteiger partial charge in [0, 0.05) is 5.56 Å². The summed E-state index contributed by atoms with van der Waals surface area (Å²) in [5.41, 5.74) is 1.84. The van der Waals surface area contributed by atoms with Gasteiger partial charge >= 0.3 is 35.7 Å². The fraction of sp³-hybridized carbons (Fsp3) is 0.304. The molecule has 1 heterocycles. The first kappa shape index (κ1) is 27.4. The molecule has 0 aliphatic heterocycles. The molecule has 0 bridgehead atoms. The summed E-state index contributed by atoms with van der Waals surface area (Å²) in [6.07, 6.45) is -2.08. The van der Waals surface area contributed by atoms with Crippen molar-refractivity contribution in [2.45, 2.75) is 50.3 Å². The number of nitrogens with zero attached hydrogens (tertiary/aromatic N) is 3. The topological polar surface area (TPSA) is 103 Å². The van der Waals surface area contributed by atoms with Crippen molar-refractivity contribution < 1.29 is 61.0 Å². The Bertz CT molecular complexity index is 1370. The number of carbonyl (C=O) groups is 1. The van der Waals surface area contributed by atoms with Crippen LogP contribution in [0.15, 0.2) is 47.4 Å². The van der Waals surface area contributed by atoms with Gasteiger partial charge in [0.15, 0.2) is 5.69 Å². The van der Waals surface area contributed by atoms with Crippen LogP contribution in [0.2, 0.25) is 0 Å². The first-order chi connectivity index (χ1) is 16.0. The Morgan fingerprint density at radius 3 is 2.49 bits per heavy atom. The first-order valence-electron chi connectivity index (χ1n) is 10.6. The van der Waals surface area contributed by atoms with E-state index in [1.54, 1.807) is 6.07 Å². The van der Waals surface area contributed by atoms with E-state index in [4.69, 9.17) is 0 Å². The van der Waals surface area contributed by atoms with E-state index in [9.17, 15) is 31.5 Å². The van der Waals surface area contributed by atoms with Crippen LogP contribution in [0.4, 0.5) is 13.2 Å². The predicted octanol–water partition coefficient (Wildman–Crippen LogP) is 1.54. The molecule has 1 aliphatic carbocycles. The normalized spacial score (nSPS) is 13.3. The van der Waals surface area contributed by atoms with Crippen LogP contribution in [-0.2, 0) is 40.4 Å². The molecule has 0 spiro atoms. The first-order valence-corrected chi connectivity index (χ1v) is 12.0. The summed E-state index contributed by atoms with van der Waals surface area (Å²) in [5, 5.41) is 13.5. The van der Waals surface area contributed by atoms with Crippen molar-refractivity contribution in [3.63, 3.8) is 0 Å². The molecular weight excluding hydrogens is 494 g/mol. The third-order valence-electron chi connectivity index (χ3n) is 5.66. The summed E-state index contributed by atoms with van der Waals surface area (Å²) in [5.74, 6) is -0.853. The molecule has 7 nitrogen and oxygen atoms in total. The van der Waals surface area contributed by atoms with E-state index in [0.717, 1.165) is 47.2 Å². The maximum atomic E-state index is 13.5. The molecule has 12 heteroatoms. The summed E-state index contributed by atoms with van der Waals surface area (Å²) < 4.78 is 69.8. The predicted molar refractivity (Wildman–Crippen MR) is 118 cm³/mol. The quantitative estimate of drug-likeness (QED) is 0.502. The minimum Gasteiger partial charge on any atom is -0.542 e. The van der Waals surface area contributed by atoms with Crippen LogP contribution in [0.3, 0.4) is 0 Å². The smallest absolute Gasteiger partial charge is 0.542 e. The van der Waals surface area contributed by atoms with Gasteiger partial charge in [-0.1, -0.05) is 19.1 Å². The van der Waals surface area contributed by atoms with Crippen molar-refractivity contribution in [2.75, 3.05) is 0 Å². The maximum absolute atomic E-state index is 13.5. The second kappa shape index (κ2) is 10.4. The van der Waals surface area contributed by atoms with Crippen molar-refractivity contribution in [3.05, 3.63) is 69.6 Å². The van der Waals surface area contributed by atoms with Gasteiger partial charge in [0.05, 0.1) is 28.8 Å². The number of hydrogen-bond donors (Lipinski definition) is 1. The summed E-state index contributed by atoms with van der Waals surface area (Å²) in [7, 11) is -4.39. The van der Waals surface area contributed by atoms with Crippen LogP contribution in [0, 0.1) is 0 Å². The molecule has 3 aromatic rings. The van der Waals surface area contributed by atoms with Crippen LogP contribution < -0.4 is 29.6 Å². The number of fused-ring (bicyclic) bond motifs is 1. The Morgan fingerprint density at radius 1 is 1.11 bits per heavy atom. The average molecular weight is 515 g/mol. The van der Waals surface area contributed by atoms with E-state index < -0.39 is 39.3 Å². The van der Waals surface area contributed by atoms with Gasteiger partial charge in [0.25, 0.3) is 0 Å². The van der Waals surface area contributed by atoms with Gasteiger partial charge in [-0.15, -0.1) is 0 Å². The van der Waals surface area contributed by atoms with Crippen molar-refractivity contribution in [1.82, 2.24) is 9.78 Å². The van der Waals surface area contributed by atoms with Gasteiger partial charge in [-0.2, -0.15) is 18.3 Å². The number of benzene rings is 2. The van der Waals surface area contributed by atoms with Crippen LogP contribution in [0.5, 0.6) is 0 Å². The van der Waals surface area contributed by atoms with Crippen molar-refractivity contribution >= 4 is 15.9 Å². The number of carbonyl (C=O) groups excluding carboxylic acids is 1. The van der Waals surface area contributed by atoms with Crippen LogP contribution in [0.25, 0.3) is 21.7 Å². The zero-order valence-electron chi connectivity index (χ0n) is 19.1. The van der Waals surface area contributed by atoms with Gasteiger partial charge in [-0.25, -0.2) is 13.1 Å². The fourth-order valence-corrected chi connectivity index (χ4v) is 5.16.